The van der Waals surface area contributed by atoms with Crippen molar-refractivity contribution in [3.63, 3.8) is 0 Å². The van der Waals surface area contributed by atoms with Crippen molar-refractivity contribution >= 4 is 0 Å². The van der Waals surface area contributed by atoms with Crippen LogP contribution in [0.5, 0.6) is 0 Å². The smallest absolute Gasteiger partial charge is 0.221 e. The van der Waals surface area contributed by atoms with Crippen molar-refractivity contribution in [2.45, 2.75) is 54.8 Å². The molecular formula is C12H22O11. The highest BCUT2D eigenvalue weighted by molar-refractivity contribution is 4.95. The van der Waals surface area contributed by atoms with Gasteiger partial charge in [0.25, 0.3) is 0 Å². The lowest BCUT2D eigenvalue weighted by Gasteiger charge is -2.47. The Morgan fingerprint density at radius 2 is 1.48 bits per heavy atom. The Labute approximate surface area is 130 Å². The highest BCUT2D eigenvalue weighted by atomic mass is 16.8. The lowest BCUT2D eigenvalue weighted by molar-refractivity contribution is -0.407. The van der Waals surface area contributed by atoms with Crippen LogP contribution in [-0.2, 0) is 14.2 Å². The van der Waals surface area contributed by atoms with Gasteiger partial charge >= 0.3 is 0 Å². The van der Waals surface area contributed by atoms with Crippen LogP contribution in [0.15, 0.2) is 0 Å². The SMILES string of the molecule is OC[C@H]1OC[C@@](O)(O[C@H]2O[C@H](CO)[C@@H](O)[C@H](O)[C@@H]2O)[C@@H](O)[C@@H]1O. The van der Waals surface area contributed by atoms with Gasteiger partial charge in [-0.15, -0.1) is 0 Å². The maximum atomic E-state index is 10.3. The predicted molar refractivity (Wildman–Crippen MR) is 68.6 cm³/mol. The average molecular weight is 342 g/mol. The monoisotopic (exact) mass is 342 g/mol. The van der Waals surface area contributed by atoms with Crippen LogP contribution in [0.3, 0.4) is 0 Å². The van der Waals surface area contributed by atoms with Crippen LogP contribution in [0, 0.1) is 0 Å². The molecule has 11 heteroatoms. The Balaban J connectivity index is 2.10. The van der Waals surface area contributed by atoms with Gasteiger partial charge in [-0.05, 0) is 0 Å². The molecule has 0 aromatic carbocycles. The summed E-state index contributed by atoms with van der Waals surface area (Å²) in [5, 5.41) is 77.2. The standard InChI is InChI=1S/C12H22O11/c13-1-4-7(16)10(19)12(20,3-21-4)23-11-9(18)8(17)6(15)5(2-14)22-11/h4-11,13-20H,1-3H2/t4-,5-,6-,7-,8+,9+,10+,11-,12-/m1/s1. The molecule has 11 nitrogen and oxygen atoms in total. The second-order valence-corrected chi connectivity index (χ2v) is 5.63. The van der Waals surface area contributed by atoms with E-state index in [4.69, 9.17) is 24.4 Å². The van der Waals surface area contributed by atoms with Crippen LogP contribution in [0.2, 0.25) is 0 Å². The van der Waals surface area contributed by atoms with Crippen molar-refractivity contribution < 1.29 is 55.1 Å². The van der Waals surface area contributed by atoms with E-state index in [0.717, 1.165) is 0 Å². The molecule has 0 radical (unpaired) electrons. The molecule has 23 heavy (non-hydrogen) atoms. The number of rotatable bonds is 4. The highest BCUT2D eigenvalue weighted by Crippen LogP contribution is 2.31. The molecule has 0 spiro atoms. The molecule has 0 bridgehead atoms. The van der Waals surface area contributed by atoms with Gasteiger partial charge in [0.15, 0.2) is 6.29 Å². The van der Waals surface area contributed by atoms with E-state index in [1.807, 2.05) is 0 Å². The summed E-state index contributed by atoms with van der Waals surface area (Å²) in [6.45, 7) is -1.96. The van der Waals surface area contributed by atoms with Crippen LogP contribution in [0.4, 0.5) is 0 Å². The molecule has 9 atom stereocenters. The fourth-order valence-corrected chi connectivity index (χ4v) is 2.51. The summed E-state index contributed by atoms with van der Waals surface area (Å²) >= 11 is 0. The first kappa shape index (κ1) is 18.9. The third-order valence-corrected chi connectivity index (χ3v) is 4.02. The topological polar surface area (TPSA) is 190 Å². The minimum atomic E-state index is -2.50. The average Bonchev–Trinajstić information content (AvgIpc) is 2.54. The number of hydrogen-bond acceptors (Lipinski definition) is 11. The van der Waals surface area contributed by atoms with E-state index in [0.29, 0.717) is 0 Å². The summed E-state index contributed by atoms with van der Waals surface area (Å²) in [6.07, 6.45) is -12.8. The van der Waals surface area contributed by atoms with Crippen LogP contribution in [-0.4, -0.2) is 115 Å². The predicted octanol–water partition coefficient (Wildman–Crippen LogP) is -5.40. The Morgan fingerprint density at radius 3 is 2.04 bits per heavy atom. The second kappa shape index (κ2) is 7.21. The van der Waals surface area contributed by atoms with Gasteiger partial charge in [-0.1, -0.05) is 0 Å². The largest absolute Gasteiger partial charge is 0.394 e. The zero-order valence-corrected chi connectivity index (χ0v) is 12.0. The summed E-state index contributed by atoms with van der Waals surface area (Å²) in [4.78, 5) is 0. The minimum Gasteiger partial charge on any atom is -0.394 e. The van der Waals surface area contributed by atoms with Gasteiger partial charge in [-0.3, -0.25) is 0 Å². The molecule has 0 aliphatic carbocycles. The van der Waals surface area contributed by atoms with Gasteiger partial charge in [0.05, 0.1) is 13.2 Å². The number of aliphatic hydroxyl groups is 8. The molecule has 2 fully saturated rings. The first-order valence-corrected chi connectivity index (χ1v) is 7.04. The molecule has 2 heterocycles. The van der Waals surface area contributed by atoms with E-state index in [1.165, 1.54) is 0 Å². The summed E-state index contributed by atoms with van der Waals surface area (Å²) in [5.74, 6) is -2.50. The van der Waals surface area contributed by atoms with Gasteiger partial charge in [-0.2, -0.15) is 0 Å². The van der Waals surface area contributed by atoms with Crippen LogP contribution in [0.1, 0.15) is 0 Å². The Bertz CT molecular complexity index is 393. The molecule has 2 rings (SSSR count). The van der Waals surface area contributed by atoms with Crippen molar-refractivity contribution in [3.05, 3.63) is 0 Å². The van der Waals surface area contributed by atoms with E-state index in [2.05, 4.69) is 0 Å². The lowest BCUT2D eigenvalue weighted by Crippen LogP contribution is -2.67. The zero-order chi connectivity index (χ0) is 17.4. The van der Waals surface area contributed by atoms with E-state index < -0.39 is 74.6 Å². The molecule has 2 aliphatic heterocycles. The first-order valence-electron chi connectivity index (χ1n) is 7.04. The molecule has 0 unspecified atom stereocenters. The molecule has 0 aromatic rings. The summed E-state index contributed by atoms with van der Waals surface area (Å²) in [5.41, 5.74) is 0. The molecule has 136 valence electrons. The van der Waals surface area contributed by atoms with Crippen molar-refractivity contribution in [3.8, 4) is 0 Å². The zero-order valence-electron chi connectivity index (χ0n) is 12.0. The Kier molecular flexibility index (Phi) is 5.92. The molecule has 2 aliphatic rings. The van der Waals surface area contributed by atoms with Crippen molar-refractivity contribution in [2.24, 2.45) is 0 Å². The van der Waals surface area contributed by atoms with Crippen LogP contribution >= 0.6 is 0 Å². The third-order valence-electron chi connectivity index (χ3n) is 4.02. The lowest BCUT2D eigenvalue weighted by atomic mass is 9.96. The maximum absolute atomic E-state index is 10.3. The van der Waals surface area contributed by atoms with Gasteiger partial charge in [0.1, 0.15) is 49.3 Å². The minimum absolute atomic E-state index is 0.603. The number of aliphatic hydroxyl groups excluding tert-OH is 7. The van der Waals surface area contributed by atoms with E-state index in [9.17, 15) is 30.6 Å². The third kappa shape index (κ3) is 3.50. The van der Waals surface area contributed by atoms with Crippen LogP contribution < -0.4 is 0 Å². The molecule has 8 N–H and O–H groups in total. The molecular weight excluding hydrogens is 320 g/mol. The summed E-state index contributed by atoms with van der Waals surface area (Å²) in [6, 6.07) is 0. The Morgan fingerprint density at radius 1 is 0.870 bits per heavy atom. The first-order chi connectivity index (χ1) is 10.7. The molecule has 2 saturated heterocycles. The number of ether oxygens (including phenoxy) is 3. The second-order valence-electron chi connectivity index (χ2n) is 5.63. The highest BCUT2D eigenvalue weighted by Gasteiger charge is 2.54. The van der Waals surface area contributed by atoms with E-state index in [-0.39, 0.29) is 0 Å². The Hall–Kier alpha value is -0.440. The normalized spacial score (nSPS) is 51.7. The van der Waals surface area contributed by atoms with Crippen molar-refractivity contribution in [1.29, 1.82) is 0 Å². The van der Waals surface area contributed by atoms with Crippen LogP contribution in [0.25, 0.3) is 0 Å². The fraction of sp³-hybridized carbons (Fsp3) is 1.00. The molecule has 0 amide bonds. The fourth-order valence-electron chi connectivity index (χ4n) is 2.51. The summed E-state index contributed by atoms with van der Waals surface area (Å²) in [7, 11) is 0. The van der Waals surface area contributed by atoms with Gasteiger partial charge < -0.3 is 55.1 Å². The summed E-state index contributed by atoms with van der Waals surface area (Å²) < 4.78 is 15.1. The maximum Gasteiger partial charge on any atom is 0.221 e. The van der Waals surface area contributed by atoms with Gasteiger partial charge in [0.2, 0.25) is 5.79 Å². The van der Waals surface area contributed by atoms with Crippen molar-refractivity contribution in [2.75, 3.05) is 19.8 Å². The molecule has 0 saturated carbocycles. The quantitative estimate of drug-likeness (QED) is 0.228. The van der Waals surface area contributed by atoms with E-state index in [1.54, 1.807) is 0 Å². The van der Waals surface area contributed by atoms with Crippen molar-refractivity contribution in [1.82, 2.24) is 0 Å². The van der Waals surface area contributed by atoms with Gasteiger partial charge in [0, 0.05) is 0 Å². The number of hydrogen-bond donors (Lipinski definition) is 8. The molecule has 0 aromatic heterocycles. The van der Waals surface area contributed by atoms with Gasteiger partial charge in [-0.25, -0.2) is 0 Å². The van der Waals surface area contributed by atoms with E-state index >= 15 is 0 Å².